The molecule has 0 aromatic rings. The van der Waals surface area contributed by atoms with Crippen LogP contribution in [0.2, 0.25) is 0 Å². The Labute approximate surface area is 340 Å². The standard InChI is InChI=1S/C55H88/c1-11-12-49-31-53(34-50-22-40(2)13-41(3,23-50)15-42(4,14-40)24-50)37-54(32-49,35-51-25-43(5)16-44(6,26-51)18-45(7,17-43)27-51)39-55(33-49,38-53)36-52-28-46(8)19-47(9,29-52)21-48(10,20-46)30-52/h11-39H2,1-10H3. The summed E-state index contributed by atoms with van der Waals surface area (Å²) in [6.45, 7) is 27.7. The minimum atomic E-state index is 0.607. The van der Waals surface area contributed by atoms with Crippen molar-refractivity contribution in [2.24, 2.45) is 86.6 Å². The summed E-state index contributed by atoms with van der Waals surface area (Å²) in [5, 5.41) is 0. The Hall–Kier alpha value is 0. The Morgan fingerprint density at radius 2 is 0.382 bits per heavy atom. The summed E-state index contributed by atoms with van der Waals surface area (Å²) in [6.07, 6.45) is 46.0. The minimum Gasteiger partial charge on any atom is -0.0654 e. The lowest BCUT2D eigenvalue weighted by Gasteiger charge is -2.78. The average molecular weight is 749 g/mol. The van der Waals surface area contributed by atoms with Gasteiger partial charge < -0.3 is 0 Å². The summed E-state index contributed by atoms with van der Waals surface area (Å²) >= 11 is 0. The lowest BCUT2D eigenvalue weighted by molar-refractivity contribution is -0.273. The van der Waals surface area contributed by atoms with E-state index in [1.807, 2.05) is 0 Å². The van der Waals surface area contributed by atoms with Crippen LogP contribution in [0.5, 0.6) is 0 Å². The molecule has 0 unspecified atom stereocenters. The highest BCUT2D eigenvalue weighted by Crippen LogP contribution is 2.86. The van der Waals surface area contributed by atoms with Gasteiger partial charge in [-0.15, -0.1) is 0 Å². The van der Waals surface area contributed by atoms with Gasteiger partial charge in [0.25, 0.3) is 0 Å². The molecule has 0 atom stereocenters. The molecule has 55 heavy (non-hydrogen) atoms. The molecule has 16 bridgehead atoms. The zero-order valence-corrected chi connectivity index (χ0v) is 38.5. The summed E-state index contributed by atoms with van der Waals surface area (Å²) in [7, 11) is 0. The summed E-state index contributed by atoms with van der Waals surface area (Å²) < 4.78 is 0. The van der Waals surface area contributed by atoms with E-state index in [0.717, 1.165) is 0 Å². The molecule has 0 nitrogen and oxygen atoms in total. The molecule has 0 spiro atoms. The Morgan fingerprint density at radius 1 is 0.218 bits per heavy atom. The molecular weight excluding hydrogens is 661 g/mol. The molecule has 16 aliphatic rings. The second-order valence-electron chi connectivity index (χ2n) is 32.3. The van der Waals surface area contributed by atoms with Crippen molar-refractivity contribution in [3.63, 3.8) is 0 Å². The summed E-state index contributed by atoms with van der Waals surface area (Å²) in [6, 6.07) is 0. The molecule has 0 saturated heterocycles. The van der Waals surface area contributed by atoms with Crippen molar-refractivity contribution in [3.05, 3.63) is 0 Å². The first-order valence-corrected chi connectivity index (χ1v) is 25.2. The van der Waals surface area contributed by atoms with Crippen LogP contribution in [0.4, 0.5) is 0 Å². The van der Waals surface area contributed by atoms with Crippen molar-refractivity contribution in [1.29, 1.82) is 0 Å². The fraction of sp³-hybridized carbons (Fsp3) is 1.00. The summed E-state index contributed by atoms with van der Waals surface area (Å²) in [5.41, 5.74) is 9.79. The Balaban J connectivity index is 0.986. The van der Waals surface area contributed by atoms with Gasteiger partial charge in [-0.05, 0) is 266 Å². The van der Waals surface area contributed by atoms with Gasteiger partial charge in [-0.2, -0.15) is 0 Å². The second kappa shape index (κ2) is 9.71. The minimum absolute atomic E-state index is 0.607. The van der Waals surface area contributed by atoms with Crippen LogP contribution in [0.15, 0.2) is 0 Å². The van der Waals surface area contributed by atoms with E-state index in [0.29, 0.717) is 86.6 Å². The predicted octanol–water partition coefficient (Wildman–Crippen LogP) is 16.4. The quantitative estimate of drug-likeness (QED) is 0.232. The lowest BCUT2D eigenvalue weighted by Crippen LogP contribution is -2.67. The largest absolute Gasteiger partial charge is 0.0654 e. The Morgan fingerprint density at radius 3 is 0.564 bits per heavy atom. The highest BCUT2D eigenvalue weighted by atomic mass is 14.8. The van der Waals surface area contributed by atoms with Crippen molar-refractivity contribution in [3.8, 4) is 0 Å². The zero-order chi connectivity index (χ0) is 38.5. The van der Waals surface area contributed by atoms with Gasteiger partial charge in [0.15, 0.2) is 0 Å². The van der Waals surface area contributed by atoms with E-state index >= 15 is 0 Å². The van der Waals surface area contributed by atoms with Crippen molar-refractivity contribution < 1.29 is 0 Å². The maximum absolute atomic E-state index is 2.79. The average Bonchev–Trinajstić information content (AvgIpc) is 2.81. The van der Waals surface area contributed by atoms with Crippen LogP contribution in [0.25, 0.3) is 0 Å². The molecule has 0 aromatic heterocycles. The van der Waals surface area contributed by atoms with Crippen LogP contribution < -0.4 is 0 Å². The van der Waals surface area contributed by atoms with E-state index in [9.17, 15) is 0 Å². The molecule has 16 saturated carbocycles. The monoisotopic (exact) mass is 749 g/mol. The summed E-state index contributed by atoms with van der Waals surface area (Å²) in [4.78, 5) is 0. The first kappa shape index (κ1) is 36.8. The fourth-order valence-corrected chi connectivity index (χ4v) is 29.5. The number of hydrogen-bond acceptors (Lipinski definition) is 0. The number of hydrogen-bond donors (Lipinski definition) is 0. The molecule has 0 aliphatic heterocycles. The molecule has 0 amide bonds. The zero-order valence-electron chi connectivity index (χ0n) is 38.5. The van der Waals surface area contributed by atoms with Crippen LogP contribution >= 0.6 is 0 Å². The third kappa shape index (κ3) is 5.30. The fourth-order valence-electron chi connectivity index (χ4n) is 29.5. The van der Waals surface area contributed by atoms with Crippen molar-refractivity contribution in [1.82, 2.24) is 0 Å². The van der Waals surface area contributed by atoms with E-state index in [1.54, 1.807) is 122 Å². The van der Waals surface area contributed by atoms with E-state index in [-0.39, 0.29) is 0 Å². The lowest BCUT2D eigenvalue weighted by atomic mass is 9.27. The Kier molecular flexibility index (Phi) is 6.50. The molecule has 0 heterocycles. The van der Waals surface area contributed by atoms with Gasteiger partial charge in [0.1, 0.15) is 0 Å². The maximum Gasteiger partial charge on any atom is -0.0276 e. The van der Waals surface area contributed by atoms with Crippen LogP contribution in [0.1, 0.15) is 255 Å². The topological polar surface area (TPSA) is 0 Å². The van der Waals surface area contributed by atoms with Gasteiger partial charge >= 0.3 is 0 Å². The van der Waals surface area contributed by atoms with Gasteiger partial charge in [-0.25, -0.2) is 0 Å². The van der Waals surface area contributed by atoms with E-state index < -0.39 is 0 Å². The van der Waals surface area contributed by atoms with Crippen molar-refractivity contribution >= 4 is 0 Å². The molecule has 0 radical (unpaired) electrons. The molecule has 16 rings (SSSR count). The first-order valence-electron chi connectivity index (χ1n) is 25.2. The molecule has 0 heteroatoms. The SMILES string of the molecule is CCCC12CC3(CC45CC6(C)CC(C)(CC(C)(C6)C4)C5)CC(CC45CC6(C)CC(C)(CC(C)(C6)C4)C5)(C1)CC(CC14CC5(C)CC(C)(CC(C)(C5)C1)C4)(C2)C3. The number of rotatable bonds is 8. The van der Waals surface area contributed by atoms with E-state index in [4.69, 9.17) is 0 Å². The Bertz CT molecular complexity index is 1360. The smallest absolute Gasteiger partial charge is 0.0276 e. The second-order valence-corrected chi connectivity index (χ2v) is 32.3. The van der Waals surface area contributed by atoms with Gasteiger partial charge in [0.05, 0.1) is 0 Å². The van der Waals surface area contributed by atoms with Crippen molar-refractivity contribution in [2.45, 2.75) is 255 Å². The van der Waals surface area contributed by atoms with E-state index in [1.165, 1.54) is 64.2 Å². The molecule has 308 valence electrons. The molecular formula is C55H88. The van der Waals surface area contributed by atoms with Gasteiger partial charge in [0.2, 0.25) is 0 Å². The molecule has 16 fully saturated rings. The molecule has 0 N–H and O–H groups in total. The van der Waals surface area contributed by atoms with Gasteiger partial charge in [-0.3, -0.25) is 0 Å². The normalized spacial score (nSPS) is 68.0. The summed E-state index contributed by atoms with van der Waals surface area (Å²) in [5.74, 6) is 0. The third-order valence-electron chi connectivity index (χ3n) is 22.4. The van der Waals surface area contributed by atoms with Crippen LogP contribution in [-0.2, 0) is 0 Å². The predicted molar refractivity (Wildman–Crippen MR) is 230 cm³/mol. The first-order chi connectivity index (χ1) is 25.2. The maximum atomic E-state index is 2.79. The highest BCUT2D eigenvalue weighted by molar-refractivity contribution is 5.25. The van der Waals surface area contributed by atoms with Crippen molar-refractivity contribution in [2.75, 3.05) is 0 Å². The van der Waals surface area contributed by atoms with Crippen LogP contribution in [0.3, 0.4) is 0 Å². The van der Waals surface area contributed by atoms with Gasteiger partial charge in [-0.1, -0.05) is 75.7 Å². The van der Waals surface area contributed by atoms with Gasteiger partial charge in [0, 0.05) is 0 Å². The molecule has 0 aromatic carbocycles. The molecule has 16 aliphatic carbocycles. The third-order valence-corrected chi connectivity index (χ3v) is 22.4. The highest BCUT2D eigenvalue weighted by Gasteiger charge is 2.75. The van der Waals surface area contributed by atoms with E-state index in [2.05, 4.69) is 69.2 Å². The van der Waals surface area contributed by atoms with Crippen LogP contribution in [0, 0.1) is 86.6 Å². The van der Waals surface area contributed by atoms with Crippen LogP contribution in [-0.4, -0.2) is 0 Å².